The highest BCUT2D eigenvalue weighted by molar-refractivity contribution is 6.31. The number of halogens is 4. The van der Waals surface area contributed by atoms with Crippen LogP contribution in [0.3, 0.4) is 0 Å². The number of pyridine rings is 4. The van der Waals surface area contributed by atoms with Crippen LogP contribution < -0.4 is 0 Å². The molecule has 0 amide bonds. The molecule has 264 valence electrons. The zero-order chi connectivity index (χ0) is 35.6. The Bertz CT molecular complexity index is 2160. The molecular formula is C38H34Cl2F2N4O5. The number of carbonyl (C=O) groups excluding carboxylic acids is 1. The van der Waals surface area contributed by atoms with Gasteiger partial charge in [-0.3, -0.25) is 19.9 Å². The van der Waals surface area contributed by atoms with E-state index >= 15 is 0 Å². The van der Waals surface area contributed by atoms with Crippen LogP contribution in [0.4, 0.5) is 8.78 Å². The summed E-state index contributed by atoms with van der Waals surface area (Å²) in [5.74, 6) is -2.32. The van der Waals surface area contributed by atoms with E-state index in [4.69, 9.17) is 33.0 Å². The minimum absolute atomic E-state index is 0. The second-order valence-electron chi connectivity index (χ2n) is 11.1. The molecule has 13 heteroatoms. The highest BCUT2D eigenvalue weighted by atomic mass is 35.5. The van der Waals surface area contributed by atoms with Crippen LogP contribution in [0.1, 0.15) is 63.5 Å². The van der Waals surface area contributed by atoms with E-state index in [2.05, 4.69) is 24.7 Å². The first-order chi connectivity index (χ1) is 24.1. The summed E-state index contributed by atoms with van der Waals surface area (Å²) in [4.78, 5) is 38.8. The smallest absolute Gasteiger partial charge is 0.337 e. The van der Waals surface area contributed by atoms with Gasteiger partial charge in [0.1, 0.15) is 22.7 Å². The fraction of sp³-hybridized carbons (Fsp3) is 0.211. The van der Waals surface area contributed by atoms with Gasteiger partial charge in [0.15, 0.2) is 0 Å². The predicted octanol–water partition coefficient (Wildman–Crippen LogP) is 8.94. The zero-order valence-electron chi connectivity index (χ0n) is 26.7. The summed E-state index contributed by atoms with van der Waals surface area (Å²) in [7, 11) is 1.32. The van der Waals surface area contributed by atoms with Gasteiger partial charge in [-0.15, -0.1) is 0 Å². The van der Waals surface area contributed by atoms with Crippen LogP contribution in [-0.4, -0.2) is 57.3 Å². The minimum atomic E-state index is -1.02. The van der Waals surface area contributed by atoms with Crippen molar-refractivity contribution in [3.63, 3.8) is 0 Å². The number of methoxy groups -OCH3 is 1. The van der Waals surface area contributed by atoms with Crippen molar-refractivity contribution in [3.8, 4) is 0 Å². The molecule has 1 N–H and O–H groups in total. The molecule has 0 aliphatic carbocycles. The first-order valence-corrected chi connectivity index (χ1v) is 16.1. The molecule has 0 spiro atoms. The number of esters is 1. The summed E-state index contributed by atoms with van der Waals surface area (Å²) in [6.07, 6.45) is 9.01. The van der Waals surface area contributed by atoms with Crippen molar-refractivity contribution in [2.45, 2.75) is 33.1 Å². The van der Waals surface area contributed by atoms with Gasteiger partial charge >= 0.3 is 11.9 Å². The number of ether oxygens (including phenoxy) is 2. The number of rotatable bonds is 6. The number of aromatic carboxylic acids is 1. The topological polar surface area (TPSA) is 124 Å². The van der Waals surface area contributed by atoms with Crippen LogP contribution in [0.15, 0.2) is 85.5 Å². The zero-order valence-corrected chi connectivity index (χ0v) is 28.2. The molecule has 5 heterocycles. The Hall–Kier alpha value is -5.10. The van der Waals surface area contributed by atoms with E-state index in [0.29, 0.717) is 61.7 Å². The summed E-state index contributed by atoms with van der Waals surface area (Å²) < 4.78 is 37.8. The van der Waals surface area contributed by atoms with E-state index in [-0.39, 0.29) is 24.0 Å². The lowest BCUT2D eigenvalue weighted by Crippen LogP contribution is -2.03. The quantitative estimate of drug-likeness (QED) is 0.167. The van der Waals surface area contributed by atoms with Gasteiger partial charge in [0.05, 0.1) is 28.3 Å². The van der Waals surface area contributed by atoms with Crippen LogP contribution in [-0.2, 0) is 22.3 Å². The number of hydrogen-bond donors (Lipinski definition) is 1. The number of benzene rings is 2. The standard InChI is InChI=1S/C17H12ClFN2O2.C16H10ClFN2O2.C4H8O.CH4/c1-23-17(22)11-2-3-20-14(8-11)5-10-4-12-7-13(18)9-21-16(12)15(19)6-10;17-12-6-11-3-9(5-14(18)15(11)20-8-12)4-13-7-10(16(21)22)1-2-19-13;1-2-4-5-3-1;/h2-4,6-9H,5H2,1H3;1-3,5-8H,4H2,(H,21,22);1-4H2;1H4. The maximum absolute atomic E-state index is 14.1. The molecule has 51 heavy (non-hydrogen) atoms. The molecular weight excluding hydrogens is 701 g/mol. The molecule has 0 saturated carbocycles. The molecule has 0 bridgehead atoms. The Labute approximate surface area is 303 Å². The fourth-order valence-electron chi connectivity index (χ4n) is 5.13. The van der Waals surface area contributed by atoms with Gasteiger partial charge in [0.2, 0.25) is 0 Å². The Morgan fingerprint density at radius 3 is 1.65 bits per heavy atom. The minimum Gasteiger partial charge on any atom is -0.478 e. The molecule has 6 aromatic rings. The van der Waals surface area contributed by atoms with E-state index in [9.17, 15) is 18.4 Å². The fourth-order valence-corrected chi connectivity index (χ4v) is 5.47. The summed E-state index contributed by atoms with van der Waals surface area (Å²) in [6, 6.07) is 15.7. The number of carboxylic acid groups (broad SMARTS) is 1. The number of nitrogens with zero attached hydrogens (tertiary/aromatic N) is 4. The van der Waals surface area contributed by atoms with E-state index in [0.717, 1.165) is 13.2 Å². The number of fused-ring (bicyclic) bond motifs is 2. The molecule has 1 saturated heterocycles. The summed E-state index contributed by atoms with van der Waals surface area (Å²) >= 11 is 11.8. The van der Waals surface area contributed by atoms with E-state index in [1.165, 1.54) is 69.0 Å². The van der Waals surface area contributed by atoms with Gasteiger partial charge in [-0.1, -0.05) is 30.6 Å². The monoisotopic (exact) mass is 734 g/mol. The van der Waals surface area contributed by atoms with E-state index in [1.54, 1.807) is 30.3 Å². The van der Waals surface area contributed by atoms with Gasteiger partial charge in [0.25, 0.3) is 0 Å². The normalized spacial score (nSPS) is 11.9. The maximum Gasteiger partial charge on any atom is 0.337 e. The molecule has 7 rings (SSSR count). The Morgan fingerprint density at radius 2 is 1.22 bits per heavy atom. The summed E-state index contributed by atoms with van der Waals surface area (Å²) in [5.41, 5.74) is 3.65. The summed E-state index contributed by atoms with van der Waals surface area (Å²) in [5, 5.41) is 11.1. The van der Waals surface area contributed by atoms with Crippen molar-refractivity contribution in [3.05, 3.63) is 141 Å². The number of carboxylic acids is 1. The second-order valence-corrected chi connectivity index (χ2v) is 12.0. The van der Waals surface area contributed by atoms with Gasteiger partial charge in [-0.05, 0) is 84.6 Å². The lowest BCUT2D eigenvalue weighted by Gasteiger charge is -2.06. The lowest BCUT2D eigenvalue weighted by atomic mass is 10.0. The van der Waals surface area contributed by atoms with Crippen molar-refractivity contribution < 1.29 is 33.0 Å². The van der Waals surface area contributed by atoms with Crippen LogP contribution in [0.2, 0.25) is 10.0 Å². The lowest BCUT2D eigenvalue weighted by molar-refractivity contribution is 0.0599. The van der Waals surface area contributed by atoms with Crippen molar-refractivity contribution >= 4 is 56.9 Å². The van der Waals surface area contributed by atoms with E-state index < -0.39 is 23.6 Å². The highest BCUT2D eigenvalue weighted by Crippen LogP contribution is 2.24. The average Bonchev–Trinajstić information content (AvgIpc) is 3.69. The van der Waals surface area contributed by atoms with Crippen LogP contribution in [0.5, 0.6) is 0 Å². The van der Waals surface area contributed by atoms with Crippen molar-refractivity contribution in [1.29, 1.82) is 0 Å². The third-order valence-electron chi connectivity index (χ3n) is 7.43. The van der Waals surface area contributed by atoms with Gasteiger partial charge in [-0.25, -0.2) is 18.4 Å². The third-order valence-corrected chi connectivity index (χ3v) is 7.84. The van der Waals surface area contributed by atoms with Crippen LogP contribution in [0, 0.1) is 11.6 Å². The van der Waals surface area contributed by atoms with Crippen molar-refractivity contribution in [2.75, 3.05) is 20.3 Å². The Balaban J connectivity index is 0.000000198. The molecule has 1 aliphatic rings. The van der Waals surface area contributed by atoms with Gasteiger partial charge < -0.3 is 14.6 Å². The Kier molecular flexibility index (Phi) is 13.8. The maximum atomic E-state index is 14.1. The first kappa shape index (κ1) is 38.7. The molecule has 2 aromatic carbocycles. The van der Waals surface area contributed by atoms with E-state index in [1.807, 2.05) is 6.07 Å². The van der Waals surface area contributed by atoms with Gasteiger partial charge in [0, 0.05) is 73.0 Å². The van der Waals surface area contributed by atoms with Crippen molar-refractivity contribution in [1.82, 2.24) is 19.9 Å². The third kappa shape index (κ3) is 10.7. The largest absolute Gasteiger partial charge is 0.478 e. The van der Waals surface area contributed by atoms with Gasteiger partial charge in [-0.2, -0.15) is 0 Å². The number of aromatic nitrogens is 4. The molecule has 0 radical (unpaired) electrons. The number of hydrogen-bond acceptors (Lipinski definition) is 8. The first-order valence-electron chi connectivity index (χ1n) is 15.4. The second kappa shape index (κ2) is 18.2. The molecule has 0 unspecified atom stereocenters. The molecule has 0 atom stereocenters. The van der Waals surface area contributed by atoms with Crippen LogP contribution >= 0.6 is 23.2 Å². The molecule has 1 fully saturated rings. The number of carbonyl (C=O) groups is 2. The SMILES string of the molecule is C.C1CCOC1.COC(=O)c1ccnc(Cc2cc(F)c3ncc(Cl)cc3c2)c1.O=C(O)c1ccnc(Cc2cc(F)c3ncc(Cl)cc3c2)c1. The van der Waals surface area contributed by atoms with Crippen LogP contribution in [0.25, 0.3) is 21.8 Å². The average molecular weight is 736 g/mol. The Morgan fingerprint density at radius 1 is 0.745 bits per heavy atom. The summed E-state index contributed by atoms with van der Waals surface area (Å²) in [6.45, 7) is 2.00. The molecule has 1 aliphatic heterocycles. The predicted molar refractivity (Wildman–Crippen MR) is 193 cm³/mol. The molecule has 4 aromatic heterocycles. The molecule has 9 nitrogen and oxygen atoms in total. The highest BCUT2D eigenvalue weighted by Gasteiger charge is 2.11. The van der Waals surface area contributed by atoms with Crippen molar-refractivity contribution in [2.24, 2.45) is 0 Å².